The van der Waals surface area contributed by atoms with Crippen molar-refractivity contribution in [2.45, 2.75) is 11.1 Å². The molecular weight excluding hydrogens is 226 g/mol. The topological polar surface area (TPSA) is 36.4 Å². The van der Waals surface area contributed by atoms with Crippen LogP contribution < -0.4 is 10.0 Å². The first-order valence-corrected chi connectivity index (χ1v) is 5.84. The lowest BCUT2D eigenvalue weighted by molar-refractivity contribution is 1.11. The van der Waals surface area contributed by atoms with Crippen LogP contribution in [-0.2, 0) is 0 Å². The number of hydrogen-bond donors (Lipinski definition) is 2. The third kappa shape index (κ3) is 1.92. The van der Waals surface area contributed by atoms with Gasteiger partial charge in [-0.3, -0.25) is 9.71 Å². The predicted molar refractivity (Wildman–Crippen MR) is 59.9 cm³/mol. The summed E-state index contributed by atoms with van der Waals surface area (Å²) in [5, 5.41) is 3.16. The molecule has 2 rings (SSSR count). The Morgan fingerprint density at radius 2 is 2.46 bits per heavy atom. The van der Waals surface area contributed by atoms with Crippen molar-refractivity contribution in [1.29, 1.82) is 0 Å². The van der Waals surface area contributed by atoms with Gasteiger partial charge in [0.2, 0.25) is 5.96 Å². The minimum absolute atomic E-state index is 0.767. The molecule has 3 nitrogen and oxygen atoms in total. The van der Waals surface area contributed by atoms with Gasteiger partial charge in [-0.15, -0.1) is 11.3 Å². The zero-order valence-corrected chi connectivity index (χ0v) is 9.32. The second kappa shape index (κ2) is 3.77. The Kier molecular flexibility index (Phi) is 2.66. The normalized spacial score (nSPS) is 17.8. The van der Waals surface area contributed by atoms with Gasteiger partial charge >= 0.3 is 0 Å². The van der Waals surface area contributed by atoms with Gasteiger partial charge in [0.1, 0.15) is 4.21 Å². The number of halogens is 1. The fourth-order valence-electron chi connectivity index (χ4n) is 0.986. The summed E-state index contributed by atoms with van der Waals surface area (Å²) in [6, 6.07) is 1.92. The van der Waals surface area contributed by atoms with Crippen molar-refractivity contribution in [3.05, 3.63) is 10.4 Å². The first-order valence-electron chi connectivity index (χ1n) is 3.83. The van der Waals surface area contributed by atoms with E-state index >= 15 is 0 Å². The molecule has 70 valence electrons. The number of nitrogens with one attached hydrogen (secondary N) is 2. The Labute approximate surface area is 89.7 Å². The average molecular weight is 234 g/mol. The van der Waals surface area contributed by atoms with E-state index in [1.165, 1.54) is 0 Å². The Balaban J connectivity index is 2.24. The second-order valence-electron chi connectivity index (χ2n) is 2.40. The van der Waals surface area contributed by atoms with E-state index in [1.54, 1.807) is 23.3 Å². The third-order valence-corrected chi connectivity index (χ3v) is 3.74. The van der Waals surface area contributed by atoms with Crippen LogP contribution in [-0.4, -0.2) is 12.5 Å². The van der Waals surface area contributed by atoms with Gasteiger partial charge in [-0.2, -0.15) is 0 Å². The molecule has 0 bridgehead atoms. The fourth-order valence-corrected chi connectivity index (χ4v) is 3.12. The van der Waals surface area contributed by atoms with Crippen LogP contribution in [0.25, 0.3) is 0 Å². The lowest BCUT2D eigenvalue weighted by Gasteiger charge is -2.16. The van der Waals surface area contributed by atoms with Gasteiger partial charge in [0.25, 0.3) is 0 Å². The van der Waals surface area contributed by atoms with Crippen LogP contribution in [0.2, 0.25) is 4.34 Å². The summed E-state index contributed by atoms with van der Waals surface area (Å²) < 4.78 is 5.05. The molecule has 1 aromatic rings. The van der Waals surface area contributed by atoms with E-state index in [9.17, 15) is 0 Å². The van der Waals surface area contributed by atoms with Crippen LogP contribution in [0.15, 0.2) is 15.3 Å². The molecule has 13 heavy (non-hydrogen) atoms. The number of guanidine groups is 1. The molecule has 0 spiro atoms. The summed E-state index contributed by atoms with van der Waals surface area (Å²) in [6.45, 7) is 2.76. The van der Waals surface area contributed by atoms with Gasteiger partial charge in [-0.1, -0.05) is 11.6 Å². The summed E-state index contributed by atoms with van der Waals surface area (Å²) in [5.41, 5.74) is 1.05. The highest BCUT2D eigenvalue weighted by Gasteiger charge is 2.16. The van der Waals surface area contributed by atoms with E-state index in [1.807, 2.05) is 13.0 Å². The lowest BCUT2D eigenvalue weighted by atomic mass is 10.5. The van der Waals surface area contributed by atoms with Crippen molar-refractivity contribution in [2.75, 3.05) is 11.9 Å². The number of hydrogen-bond acceptors (Lipinski definition) is 3. The Bertz CT molecular complexity index is 348. The van der Waals surface area contributed by atoms with Gasteiger partial charge in [-0.25, -0.2) is 0 Å². The molecule has 0 saturated heterocycles. The first-order chi connectivity index (χ1) is 6.29. The van der Waals surface area contributed by atoms with E-state index in [2.05, 4.69) is 15.0 Å². The summed E-state index contributed by atoms with van der Waals surface area (Å²) in [4.78, 5) is 4.23. The lowest BCUT2D eigenvalue weighted by Crippen LogP contribution is -2.28. The highest BCUT2D eigenvalue weighted by molar-refractivity contribution is 8.00. The largest absolute Gasteiger partial charge is 0.324 e. The summed E-state index contributed by atoms with van der Waals surface area (Å²) >= 11 is 8.98. The molecule has 1 aliphatic rings. The highest BCUT2D eigenvalue weighted by atomic mass is 35.5. The molecule has 0 saturated carbocycles. The van der Waals surface area contributed by atoms with Crippen LogP contribution in [0.1, 0.15) is 6.92 Å². The zero-order valence-electron chi connectivity index (χ0n) is 6.93. The number of anilines is 1. The molecule has 0 radical (unpaired) electrons. The number of rotatable bonds is 1. The van der Waals surface area contributed by atoms with Crippen molar-refractivity contribution in [3.8, 4) is 0 Å². The highest BCUT2D eigenvalue weighted by Crippen LogP contribution is 2.39. The summed E-state index contributed by atoms with van der Waals surface area (Å²) in [6.07, 6.45) is 0. The SMILES string of the molecule is CCN=C1NSc2sc(Cl)cc2N1. The van der Waals surface area contributed by atoms with Crippen LogP contribution in [0.5, 0.6) is 0 Å². The van der Waals surface area contributed by atoms with Gasteiger partial charge in [0, 0.05) is 18.5 Å². The Morgan fingerprint density at radius 1 is 1.62 bits per heavy atom. The maximum Gasteiger partial charge on any atom is 0.206 e. The van der Waals surface area contributed by atoms with Crippen LogP contribution in [0, 0.1) is 0 Å². The predicted octanol–water partition coefficient (Wildman–Crippen LogP) is 2.80. The number of aliphatic imine (C=N–C) groups is 1. The zero-order chi connectivity index (χ0) is 9.26. The number of thiophene rings is 1. The summed E-state index contributed by atoms with van der Waals surface area (Å²) in [5.74, 6) is 0.800. The van der Waals surface area contributed by atoms with Gasteiger partial charge in [-0.05, 0) is 13.0 Å². The molecule has 0 atom stereocenters. The molecule has 0 fully saturated rings. The molecule has 2 heterocycles. The average Bonchev–Trinajstić information content (AvgIpc) is 2.44. The minimum Gasteiger partial charge on any atom is -0.324 e. The second-order valence-corrected chi connectivity index (χ2v) is 5.16. The van der Waals surface area contributed by atoms with Crippen molar-refractivity contribution < 1.29 is 0 Å². The van der Waals surface area contributed by atoms with Gasteiger partial charge < -0.3 is 5.32 Å². The quantitative estimate of drug-likeness (QED) is 0.733. The third-order valence-electron chi connectivity index (χ3n) is 1.48. The summed E-state index contributed by atoms with van der Waals surface area (Å²) in [7, 11) is 0. The van der Waals surface area contributed by atoms with E-state index < -0.39 is 0 Å². The molecular formula is C7H8ClN3S2. The van der Waals surface area contributed by atoms with Crippen molar-refractivity contribution in [3.63, 3.8) is 0 Å². The molecule has 6 heteroatoms. The molecule has 1 aliphatic heterocycles. The van der Waals surface area contributed by atoms with Gasteiger partial charge in [0.15, 0.2) is 0 Å². The molecule has 0 aromatic carbocycles. The molecule has 2 N–H and O–H groups in total. The maximum atomic E-state index is 5.87. The van der Waals surface area contributed by atoms with E-state index in [0.29, 0.717) is 0 Å². The van der Waals surface area contributed by atoms with Gasteiger partial charge in [0.05, 0.1) is 10.0 Å². The van der Waals surface area contributed by atoms with Crippen molar-refractivity contribution >= 4 is 46.5 Å². The minimum atomic E-state index is 0.767. The molecule has 0 unspecified atom stereocenters. The first kappa shape index (κ1) is 9.18. The standard InChI is InChI=1S/C7H8ClN3S2/c1-2-9-7-10-4-3-5(8)12-6(4)13-11-7/h3H,2H2,1H3,(H2,9,10,11). The smallest absolute Gasteiger partial charge is 0.206 e. The van der Waals surface area contributed by atoms with Crippen molar-refractivity contribution in [2.24, 2.45) is 4.99 Å². The van der Waals surface area contributed by atoms with E-state index in [-0.39, 0.29) is 0 Å². The van der Waals surface area contributed by atoms with Crippen LogP contribution >= 0.6 is 34.9 Å². The Hall–Kier alpha value is -0.390. The molecule has 0 aliphatic carbocycles. The monoisotopic (exact) mass is 233 g/mol. The Morgan fingerprint density at radius 3 is 3.23 bits per heavy atom. The maximum absolute atomic E-state index is 5.87. The number of fused-ring (bicyclic) bond motifs is 1. The fraction of sp³-hybridized carbons (Fsp3) is 0.286. The van der Waals surface area contributed by atoms with Crippen molar-refractivity contribution in [1.82, 2.24) is 4.72 Å². The van der Waals surface area contributed by atoms with Crippen LogP contribution in [0.4, 0.5) is 5.69 Å². The van der Waals surface area contributed by atoms with E-state index in [0.717, 1.165) is 26.7 Å². The van der Waals surface area contributed by atoms with Crippen LogP contribution in [0.3, 0.4) is 0 Å². The van der Waals surface area contributed by atoms with E-state index in [4.69, 9.17) is 11.6 Å². The molecule has 1 aromatic heterocycles. The molecule has 0 amide bonds. The number of nitrogens with zero attached hydrogens (tertiary/aromatic N) is 1.